The maximum atomic E-state index is 13.0. The Balaban J connectivity index is 2.18. The summed E-state index contributed by atoms with van der Waals surface area (Å²) in [6.45, 7) is 6.14. The van der Waals surface area contributed by atoms with Crippen molar-refractivity contribution in [3.05, 3.63) is 67.8 Å². The number of anilines is 1. The number of nitriles is 1. The van der Waals surface area contributed by atoms with E-state index in [0.717, 1.165) is 5.56 Å². The quantitative estimate of drug-likeness (QED) is 0.508. The minimum absolute atomic E-state index is 0.0467. The third-order valence-corrected chi connectivity index (χ3v) is 6.54. The molecule has 1 aromatic carbocycles. The van der Waals surface area contributed by atoms with Crippen molar-refractivity contribution in [3.8, 4) is 6.07 Å². The first kappa shape index (κ1) is 22.8. The van der Waals surface area contributed by atoms with Crippen LogP contribution < -0.4 is 10.5 Å². The molecular formula is C23H24N4O2S2. The fourth-order valence-corrected chi connectivity index (χ4v) is 5.17. The zero-order valence-electron chi connectivity index (χ0n) is 18.2. The van der Waals surface area contributed by atoms with Gasteiger partial charge in [-0.3, -0.25) is 19.1 Å². The second-order valence-electron chi connectivity index (χ2n) is 7.70. The maximum Gasteiger partial charge on any atom is 0.270 e. The summed E-state index contributed by atoms with van der Waals surface area (Å²) < 4.78 is 1.98. The van der Waals surface area contributed by atoms with Crippen LogP contribution in [-0.2, 0) is 18.4 Å². The summed E-state index contributed by atoms with van der Waals surface area (Å²) >= 11 is 6.64. The second kappa shape index (κ2) is 9.08. The highest BCUT2D eigenvalue weighted by Crippen LogP contribution is 2.36. The summed E-state index contributed by atoms with van der Waals surface area (Å²) in [5, 5.41) is 9.58. The average molecular weight is 453 g/mol. The monoisotopic (exact) mass is 452 g/mol. The van der Waals surface area contributed by atoms with Gasteiger partial charge in [-0.05, 0) is 38.0 Å². The Labute approximate surface area is 191 Å². The molecule has 2 aromatic rings. The van der Waals surface area contributed by atoms with Crippen LogP contribution in [0.4, 0.5) is 5.82 Å². The fraction of sp³-hybridized carbons (Fsp3) is 0.304. The summed E-state index contributed by atoms with van der Waals surface area (Å²) in [5.74, 6) is 0.480. The van der Waals surface area contributed by atoms with Crippen molar-refractivity contribution in [3.63, 3.8) is 0 Å². The molecule has 1 aliphatic heterocycles. The van der Waals surface area contributed by atoms with Gasteiger partial charge in [-0.15, -0.1) is 0 Å². The van der Waals surface area contributed by atoms with Crippen molar-refractivity contribution in [2.45, 2.75) is 33.4 Å². The first-order chi connectivity index (χ1) is 14.7. The highest BCUT2D eigenvalue weighted by Gasteiger charge is 2.34. The summed E-state index contributed by atoms with van der Waals surface area (Å²) in [6, 6.07) is 11.9. The number of carbonyl (C=O) groups excluding carboxylic acids is 1. The van der Waals surface area contributed by atoms with E-state index in [1.165, 1.54) is 16.3 Å². The molecule has 1 saturated heterocycles. The first-order valence-electron chi connectivity index (χ1n) is 9.83. The van der Waals surface area contributed by atoms with Crippen molar-refractivity contribution >= 4 is 46.1 Å². The van der Waals surface area contributed by atoms with E-state index < -0.39 is 0 Å². The van der Waals surface area contributed by atoms with Gasteiger partial charge in [0.2, 0.25) is 0 Å². The summed E-state index contributed by atoms with van der Waals surface area (Å²) in [4.78, 5) is 29.8. The lowest BCUT2D eigenvalue weighted by Gasteiger charge is -2.26. The third kappa shape index (κ3) is 4.29. The molecule has 0 spiro atoms. The van der Waals surface area contributed by atoms with E-state index in [1.807, 2.05) is 62.2 Å². The maximum absolute atomic E-state index is 13.0. The number of thiocarbonyl (C=S) groups is 1. The zero-order chi connectivity index (χ0) is 22.9. The molecule has 8 heteroatoms. The van der Waals surface area contributed by atoms with E-state index in [-0.39, 0.29) is 23.1 Å². The van der Waals surface area contributed by atoms with Crippen LogP contribution in [0.3, 0.4) is 0 Å². The van der Waals surface area contributed by atoms with Gasteiger partial charge >= 0.3 is 0 Å². The molecule has 0 atom stereocenters. The number of hydrogen-bond acceptors (Lipinski definition) is 6. The van der Waals surface area contributed by atoms with Crippen LogP contribution in [0, 0.1) is 18.3 Å². The minimum atomic E-state index is -0.359. The van der Waals surface area contributed by atoms with Crippen molar-refractivity contribution in [2.75, 3.05) is 11.9 Å². The van der Waals surface area contributed by atoms with E-state index in [2.05, 4.69) is 0 Å². The van der Waals surface area contributed by atoms with Gasteiger partial charge in [-0.1, -0.05) is 54.3 Å². The molecule has 2 heterocycles. The summed E-state index contributed by atoms with van der Waals surface area (Å²) in [7, 11) is 3.54. The van der Waals surface area contributed by atoms with Crippen LogP contribution in [0.1, 0.15) is 36.1 Å². The Morgan fingerprint density at radius 2 is 1.90 bits per heavy atom. The minimum Gasteiger partial charge on any atom is -0.356 e. The topological polar surface area (TPSA) is 69.3 Å². The lowest BCUT2D eigenvalue weighted by atomic mass is 10.0. The normalized spacial score (nSPS) is 15.1. The van der Waals surface area contributed by atoms with Gasteiger partial charge in [0.05, 0.1) is 4.91 Å². The molecule has 3 rings (SSSR count). The fourth-order valence-electron chi connectivity index (χ4n) is 3.66. The SMILES string of the molecule is Cc1c(C=C2SC(=S)N(C(C)C)C2=O)c(N(C)Cc2ccccc2)n(C)c(=O)c1C#N. The summed E-state index contributed by atoms with van der Waals surface area (Å²) in [6.07, 6.45) is 1.76. The van der Waals surface area contributed by atoms with Gasteiger partial charge in [0, 0.05) is 32.2 Å². The molecule has 0 saturated carbocycles. The van der Waals surface area contributed by atoms with E-state index >= 15 is 0 Å². The molecule has 1 aliphatic rings. The van der Waals surface area contributed by atoms with Gasteiger partial charge < -0.3 is 4.90 Å². The molecule has 0 radical (unpaired) electrons. The predicted molar refractivity (Wildman–Crippen MR) is 130 cm³/mol. The van der Waals surface area contributed by atoms with Crippen LogP contribution in [0.25, 0.3) is 6.08 Å². The summed E-state index contributed by atoms with van der Waals surface area (Å²) in [5.41, 5.74) is 2.01. The lowest BCUT2D eigenvalue weighted by molar-refractivity contribution is -0.123. The zero-order valence-corrected chi connectivity index (χ0v) is 19.8. The molecule has 6 nitrogen and oxygen atoms in total. The number of rotatable bonds is 5. The number of nitrogens with zero attached hydrogens (tertiary/aromatic N) is 4. The average Bonchev–Trinajstić information content (AvgIpc) is 3.00. The molecule has 160 valence electrons. The van der Waals surface area contributed by atoms with E-state index in [9.17, 15) is 14.9 Å². The van der Waals surface area contributed by atoms with E-state index in [4.69, 9.17) is 12.2 Å². The smallest absolute Gasteiger partial charge is 0.270 e. The number of thioether (sulfide) groups is 1. The van der Waals surface area contributed by atoms with Gasteiger partial charge in [0.1, 0.15) is 21.8 Å². The second-order valence-corrected chi connectivity index (χ2v) is 9.38. The number of carbonyl (C=O) groups is 1. The van der Waals surface area contributed by atoms with Gasteiger partial charge in [-0.2, -0.15) is 5.26 Å². The molecule has 0 bridgehead atoms. The number of pyridine rings is 1. The molecule has 1 fully saturated rings. The molecule has 1 amide bonds. The molecule has 1 aromatic heterocycles. The Morgan fingerprint density at radius 1 is 1.26 bits per heavy atom. The van der Waals surface area contributed by atoms with Gasteiger partial charge in [0.25, 0.3) is 11.5 Å². The largest absolute Gasteiger partial charge is 0.356 e. The standard InChI is InChI=1S/C23H24N4O2S2/c1-14(2)27-22(29)19(31-23(27)30)11-17-15(3)18(12-24)21(28)26(5)20(17)25(4)13-16-9-7-6-8-10-16/h6-11,14H,13H2,1-5H3. The van der Waals surface area contributed by atoms with Crippen molar-refractivity contribution in [1.29, 1.82) is 5.26 Å². The van der Waals surface area contributed by atoms with Crippen molar-refractivity contribution < 1.29 is 4.79 Å². The third-order valence-electron chi connectivity index (χ3n) is 5.21. The van der Waals surface area contributed by atoms with Crippen LogP contribution in [0.15, 0.2) is 40.0 Å². The van der Waals surface area contributed by atoms with Crippen LogP contribution >= 0.6 is 24.0 Å². The van der Waals surface area contributed by atoms with E-state index in [0.29, 0.717) is 32.7 Å². The predicted octanol–water partition coefficient (Wildman–Crippen LogP) is 3.81. The number of hydrogen-bond donors (Lipinski definition) is 0. The Hall–Kier alpha value is -2.89. The van der Waals surface area contributed by atoms with Crippen LogP contribution in [0.2, 0.25) is 0 Å². The van der Waals surface area contributed by atoms with E-state index in [1.54, 1.807) is 24.9 Å². The molecule has 0 N–H and O–H groups in total. The van der Waals surface area contributed by atoms with Gasteiger partial charge in [0.15, 0.2) is 0 Å². The lowest BCUT2D eigenvalue weighted by Crippen LogP contribution is -2.34. The first-order valence-corrected chi connectivity index (χ1v) is 11.1. The Bertz CT molecular complexity index is 1180. The van der Waals surface area contributed by atoms with Crippen molar-refractivity contribution in [2.24, 2.45) is 7.05 Å². The van der Waals surface area contributed by atoms with Crippen LogP contribution in [-0.4, -0.2) is 32.8 Å². The molecular weight excluding hydrogens is 428 g/mol. The van der Waals surface area contributed by atoms with Crippen LogP contribution in [0.5, 0.6) is 0 Å². The number of benzene rings is 1. The molecule has 0 aliphatic carbocycles. The molecule has 0 unspecified atom stereocenters. The van der Waals surface area contributed by atoms with Crippen molar-refractivity contribution in [1.82, 2.24) is 9.47 Å². The number of amides is 1. The van der Waals surface area contributed by atoms with Gasteiger partial charge in [-0.25, -0.2) is 0 Å². The number of aromatic nitrogens is 1. The Morgan fingerprint density at radius 3 is 2.45 bits per heavy atom. The highest BCUT2D eigenvalue weighted by atomic mass is 32.2. The molecule has 31 heavy (non-hydrogen) atoms. The Kier molecular flexibility index (Phi) is 6.68. The highest BCUT2D eigenvalue weighted by molar-refractivity contribution is 8.26.